The molecule has 0 radical (unpaired) electrons. The van der Waals surface area contributed by atoms with Gasteiger partial charge in [-0.15, -0.1) is 0 Å². The normalized spacial score (nSPS) is 11.2. The molecule has 0 bridgehead atoms. The van der Waals surface area contributed by atoms with Gasteiger partial charge in [0.15, 0.2) is 0 Å². The molecule has 3 N–H and O–H groups in total. The molecule has 19 heavy (non-hydrogen) atoms. The number of hydrogen-bond acceptors (Lipinski definition) is 3. The van der Waals surface area contributed by atoms with Gasteiger partial charge in [-0.1, -0.05) is 0 Å². The van der Waals surface area contributed by atoms with Gasteiger partial charge in [0.2, 0.25) is 0 Å². The number of carboxylic acids is 1. The maximum absolute atomic E-state index is 12.1. The predicted molar refractivity (Wildman–Crippen MR) is 69.7 cm³/mol. The molecule has 0 fully saturated rings. The van der Waals surface area contributed by atoms with E-state index in [9.17, 15) is 9.59 Å². The summed E-state index contributed by atoms with van der Waals surface area (Å²) in [5, 5.41) is 18.5. The van der Waals surface area contributed by atoms with Crippen molar-refractivity contribution in [3.63, 3.8) is 0 Å². The second-order valence-electron chi connectivity index (χ2n) is 4.79. The van der Waals surface area contributed by atoms with E-state index in [1.54, 1.807) is 13.1 Å². The van der Waals surface area contributed by atoms with E-state index in [1.165, 1.54) is 18.7 Å². The summed E-state index contributed by atoms with van der Waals surface area (Å²) in [7, 11) is 0. The largest absolute Gasteiger partial charge is 0.480 e. The van der Waals surface area contributed by atoms with E-state index in [0.29, 0.717) is 13.1 Å². The molecule has 1 aromatic rings. The quantitative estimate of drug-likeness (QED) is 0.745. The van der Waals surface area contributed by atoms with E-state index < -0.39 is 17.5 Å². The highest BCUT2D eigenvalue weighted by atomic mass is 16.4. The number of aryl methyl sites for hydroxylation is 1. The Bertz CT molecular complexity index is 467. The zero-order valence-electron chi connectivity index (χ0n) is 11.6. The van der Waals surface area contributed by atoms with Crippen molar-refractivity contribution in [1.82, 2.24) is 20.4 Å². The highest BCUT2D eigenvalue weighted by Gasteiger charge is 2.36. The molecular formula is C12H20N4O3. The molecule has 0 spiro atoms. The molecule has 106 valence electrons. The van der Waals surface area contributed by atoms with Crippen LogP contribution in [0.3, 0.4) is 0 Å². The number of carboxylic acid groups (broad SMARTS) is 1. The van der Waals surface area contributed by atoms with Gasteiger partial charge in [0.1, 0.15) is 5.54 Å². The first-order valence-electron chi connectivity index (χ1n) is 6.08. The van der Waals surface area contributed by atoms with Gasteiger partial charge in [-0.2, -0.15) is 5.10 Å². The molecule has 0 aliphatic carbocycles. The van der Waals surface area contributed by atoms with E-state index in [-0.39, 0.29) is 0 Å². The minimum absolute atomic E-state index is 0.313. The number of aromatic amines is 1. The van der Waals surface area contributed by atoms with Crippen LogP contribution in [0.15, 0.2) is 6.20 Å². The summed E-state index contributed by atoms with van der Waals surface area (Å²) in [5.74, 6) is -1.04. The van der Waals surface area contributed by atoms with Gasteiger partial charge >= 0.3 is 12.0 Å². The molecule has 0 aliphatic rings. The van der Waals surface area contributed by atoms with Crippen LogP contribution in [0.5, 0.6) is 0 Å². The SMILES string of the molecule is CCN(C(=O)NCc1cn[nH]c1C)C(C)(C)C(=O)O. The fourth-order valence-electron chi connectivity index (χ4n) is 1.73. The van der Waals surface area contributed by atoms with Crippen LogP contribution < -0.4 is 5.32 Å². The van der Waals surface area contributed by atoms with Crippen molar-refractivity contribution in [2.24, 2.45) is 0 Å². The number of H-pyrrole nitrogens is 1. The molecule has 0 saturated carbocycles. The molecular weight excluding hydrogens is 248 g/mol. The molecule has 1 heterocycles. The van der Waals surface area contributed by atoms with Crippen LogP contribution in [0, 0.1) is 6.92 Å². The monoisotopic (exact) mass is 268 g/mol. The van der Waals surface area contributed by atoms with Crippen molar-refractivity contribution >= 4 is 12.0 Å². The lowest BCUT2D eigenvalue weighted by molar-refractivity contribution is -0.147. The van der Waals surface area contributed by atoms with E-state index in [1.807, 2.05) is 6.92 Å². The Labute approximate surface area is 112 Å². The first-order chi connectivity index (χ1) is 8.80. The van der Waals surface area contributed by atoms with E-state index >= 15 is 0 Å². The van der Waals surface area contributed by atoms with Gasteiger partial charge < -0.3 is 15.3 Å². The Morgan fingerprint density at radius 1 is 1.53 bits per heavy atom. The van der Waals surface area contributed by atoms with Crippen LogP contribution >= 0.6 is 0 Å². The average Bonchev–Trinajstić information content (AvgIpc) is 2.72. The Hall–Kier alpha value is -2.05. The topological polar surface area (TPSA) is 98.3 Å². The van der Waals surface area contributed by atoms with Crippen LogP contribution in [-0.2, 0) is 11.3 Å². The summed E-state index contributed by atoms with van der Waals surface area (Å²) in [6, 6.07) is -0.407. The number of amides is 2. The predicted octanol–water partition coefficient (Wildman–Crippen LogP) is 1.11. The Balaban J connectivity index is 2.70. The first-order valence-corrected chi connectivity index (χ1v) is 6.08. The fraction of sp³-hybridized carbons (Fsp3) is 0.583. The summed E-state index contributed by atoms with van der Waals surface area (Å²) in [4.78, 5) is 24.5. The van der Waals surface area contributed by atoms with E-state index in [0.717, 1.165) is 11.3 Å². The van der Waals surface area contributed by atoms with Crippen LogP contribution in [0.25, 0.3) is 0 Å². The van der Waals surface area contributed by atoms with Gasteiger partial charge in [0.05, 0.1) is 6.20 Å². The lowest BCUT2D eigenvalue weighted by atomic mass is 10.0. The zero-order chi connectivity index (χ0) is 14.6. The third kappa shape index (κ3) is 3.24. The number of aliphatic carboxylic acids is 1. The number of rotatable bonds is 5. The third-order valence-electron chi connectivity index (χ3n) is 3.12. The number of hydrogen-bond donors (Lipinski definition) is 3. The molecule has 0 aliphatic heterocycles. The third-order valence-corrected chi connectivity index (χ3v) is 3.12. The summed E-state index contributed by atoms with van der Waals surface area (Å²) in [5.41, 5.74) is 0.503. The minimum Gasteiger partial charge on any atom is -0.480 e. The zero-order valence-corrected chi connectivity index (χ0v) is 11.6. The number of nitrogens with one attached hydrogen (secondary N) is 2. The smallest absolute Gasteiger partial charge is 0.329 e. The second-order valence-corrected chi connectivity index (χ2v) is 4.79. The molecule has 2 amide bonds. The van der Waals surface area contributed by atoms with Crippen LogP contribution in [0.2, 0.25) is 0 Å². The Kier molecular flexibility index (Phi) is 4.52. The van der Waals surface area contributed by atoms with E-state index in [4.69, 9.17) is 5.11 Å². The molecule has 1 rings (SSSR count). The summed E-state index contributed by atoms with van der Waals surface area (Å²) < 4.78 is 0. The van der Waals surface area contributed by atoms with Crippen molar-refractivity contribution in [2.75, 3.05) is 6.54 Å². The summed E-state index contributed by atoms with van der Waals surface area (Å²) in [6.07, 6.45) is 1.63. The molecule has 1 aromatic heterocycles. The first kappa shape index (κ1) is 15.0. The lowest BCUT2D eigenvalue weighted by Gasteiger charge is -2.34. The standard InChI is InChI=1S/C12H20N4O3/c1-5-16(12(3,4)10(17)18)11(19)13-6-9-7-14-15-8(9)2/h7H,5-6H2,1-4H3,(H,13,19)(H,14,15)(H,17,18). The number of carbonyl (C=O) groups is 2. The fourth-order valence-corrected chi connectivity index (χ4v) is 1.73. The molecule has 7 nitrogen and oxygen atoms in total. The highest BCUT2D eigenvalue weighted by Crippen LogP contribution is 2.14. The molecule has 0 aromatic carbocycles. The van der Waals surface area contributed by atoms with Crippen LogP contribution in [0.4, 0.5) is 4.79 Å². The summed E-state index contributed by atoms with van der Waals surface area (Å²) >= 11 is 0. The van der Waals surface area contributed by atoms with Crippen molar-refractivity contribution in [3.8, 4) is 0 Å². The second kappa shape index (κ2) is 5.73. The Morgan fingerprint density at radius 3 is 2.58 bits per heavy atom. The van der Waals surface area contributed by atoms with Crippen LogP contribution in [-0.4, -0.2) is 44.3 Å². The number of carbonyl (C=O) groups excluding carboxylic acids is 1. The van der Waals surface area contributed by atoms with Gasteiger partial charge in [0.25, 0.3) is 0 Å². The number of likely N-dealkylation sites (N-methyl/N-ethyl adjacent to an activating group) is 1. The van der Waals surface area contributed by atoms with Crippen molar-refractivity contribution in [2.45, 2.75) is 39.8 Å². The molecule has 7 heteroatoms. The number of aromatic nitrogens is 2. The molecule has 0 unspecified atom stereocenters. The molecule has 0 saturated heterocycles. The molecule has 0 atom stereocenters. The van der Waals surface area contributed by atoms with Crippen molar-refractivity contribution in [3.05, 3.63) is 17.5 Å². The number of nitrogens with zero attached hydrogens (tertiary/aromatic N) is 2. The average molecular weight is 268 g/mol. The minimum atomic E-state index is -1.25. The van der Waals surface area contributed by atoms with E-state index in [2.05, 4.69) is 15.5 Å². The van der Waals surface area contributed by atoms with Gasteiger partial charge in [-0.3, -0.25) is 5.10 Å². The van der Waals surface area contributed by atoms with Gasteiger partial charge in [-0.25, -0.2) is 9.59 Å². The number of urea groups is 1. The maximum atomic E-state index is 12.1. The van der Waals surface area contributed by atoms with Crippen LogP contribution in [0.1, 0.15) is 32.0 Å². The van der Waals surface area contributed by atoms with Gasteiger partial charge in [0, 0.05) is 24.3 Å². The Morgan fingerprint density at radius 2 is 2.16 bits per heavy atom. The maximum Gasteiger partial charge on any atom is 0.329 e. The van der Waals surface area contributed by atoms with Crippen molar-refractivity contribution in [1.29, 1.82) is 0 Å². The van der Waals surface area contributed by atoms with Crippen molar-refractivity contribution < 1.29 is 14.7 Å². The van der Waals surface area contributed by atoms with Gasteiger partial charge in [-0.05, 0) is 27.7 Å². The highest BCUT2D eigenvalue weighted by molar-refractivity contribution is 5.85. The summed E-state index contributed by atoms with van der Waals surface area (Å²) in [6.45, 7) is 7.23. The lowest BCUT2D eigenvalue weighted by Crippen LogP contribution is -2.55.